The standard InChI is InChI=1S/C7H9ClN2/c1-5-3-2-4-6(8)7(5)10-9/h2-4,10H,9H2,1H3. The number of nitrogens with one attached hydrogen (secondary N) is 1. The van der Waals surface area contributed by atoms with Crippen LogP contribution in [0.25, 0.3) is 0 Å². The Balaban J connectivity index is 3.17. The van der Waals surface area contributed by atoms with Gasteiger partial charge in [0.25, 0.3) is 0 Å². The van der Waals surface area contributed by atoms with Gasteiger partial charge in [0.1, 0.15) is 0 Å². The average molecular weight is 157 g/mol. The van der Waals surface area contributed by atoms with Crippen molar-refractivity contribution in [2.45, 2.75) is 6.92 Å². The van der Waals surface area contributed by atoms with E-state index in [0.29, 0.717) is 5.02 Å². The van der Waals surface area contributed by atoms with Crippen molar-refractivity contribution in [1.29, 1.82) is 0 Å². The Kier molecular flexibility index (Phi) is 2.14. The maximum Gasteiger partial charge on any atom is 0.0701 e. The van der Waals surface area contributed by atoms with Crippen LogP contribution in [-0.2, 0) is 0 Å². The summed E-state index contributed by atoms with van der Waals surface area (Å²) in [7, 11) is 0. The van der Waals surface area contributed by atoms with Crippen LogP contribution in [0.15, 0.2) is 18.2 Å². The molecule has 0 bridgehead atoms. The number of aryl methyl sites for hydroxylation is 1. The largest absolute Gasteiger partial charge is 0.322 e. The highest BCUT2D eigenvalue weighted by atomic mass is 35.5. The number of hydrazine groups is 1. The van der Waals surface area contributed by atoms with Crippen molar-refractivity contribution in [3.63, 3.8) is 0 Å². The Hall–Kier alpha value is -0.730. The average Bonchev–Trinajstić information content (AvgIpc) is 1.88. The summed E-state index contributed by atoms with van der Waals surface area (Å²) in [6, 6.07) is 5.63. The van der Waals surface area contributed by atoms with Crippen molar-refractivity contribution < 1.29 is 0 Å². The number of anilines is 1. The Morgan fingerprint density at radius 2 is 2.20 bits per heavy atom. The Bertz CT molecular complexity index is 215. The van der Waals surface area contributed by atoms with Gasteiger partial charge in [-0.25, -0.2) is 0 Å². The van der Waals surface area contributed by atoms with E-state index in [-0.39, 0.29) is 0 Å². The molecule has 0 aliphatic carbocycles. The summed E-state index contributed by atoms with van der Waals surface area (Å²) < 4.78 is 0. The molecule has 0 aliphatic heterocycles. The number of nitrogen functional groups attached to an aromatic ring is 1. The zero-order valence-electron chi connectivity index (χ0n) is 5.69. The van der Waals surface area contributed by atoms with Crippen molar-refractivity contribution >= 4 is 17.3 Å². The van der Waals surface area contributed by atoms with Crippen LogP contribution >= 0.6 is 11.6 Å². The number of nitrogens with two attached hydrogens (primary N) is 1. The second kappa shape index (κ2) is 2.90. The minimum Gasteiger partial charge on any atom is -0.322 e. The molecule has 54 valence electrons. The van der Waals surface area contributed by atoms with Crippen molar-refractivity contribution in [2.75, 3.05) is 5.43 Å². The van der Waals surface area contributed by atoms with Crippen molar-refractivity contribution in [3.8, 4) is 0 Å². The predicted molar refractivity (Wildman–Crippen MR) is 44.0 cm³/mol. The van der Waals surface area contributed by atoms with Gasteiger partial charge in [-0.15, -0.1) is 0 Å². The van der Waals surface area contributed by atoms with E-state index in [1.54, 1.807) is 6.07 Å². The molecule has 0 atom stereocenters. The van der Waals surface area contributed by atoms with Crippen LogP contribution in [0, 0.1) is 6.92 Å². The molecule has 1 aromatic rings. The van der Waals surface area contributed by atoms with Crippen molar-refractivity contribution in [1.82, 2.24) is 0 Å². The molecule has 0 saturated carbocycles. The maximum absolute atomic E-state index is 5.79. The van der Waals surface area contributed by atoms with Crippen molar-refractivity contribution in [3.05, 3.63) is 28.8 Å². The fourth-order valence-electron chi connectivity index (χ4n) is 0.815. The topological polar surface area (TPSA) is 38.0 Å². The fraction of sp³-hybridized carbons (Fsp3) is 0.143. The summed E-state index contributed by atoms with van der Waals surface area (Å²) in [4.78, 5) is 0. The zero-order chi connectivity index (χ0) is 7.56. The number of benzene rings is 1. The van der Waals surface area contributed by atoms with E-state index in [2.05, 4.69) is 5.43 Å². The Labute approximate surface area is 65.0 Å². The van der Waals surface area contributed by atoms with Crippen LogP contribution in [0.3, 0.4) is 0 Å². The van der Waals surface area contributed by atoms with Crippen LogP contribution in [0.4, 0.5) is 5.69 Å². The number of hydrogen-bond donors (Lipinski definition) is 2. The lowest BCUT2D eigenvalue weighted by molar-refractivity contribution is 1.31. The molecule has 1 aromatic carbocycles. The summed E-state index contributed by atoms with van der Waals surface area (Å²) in [6.07, 6.45) is 0. The molecule has 0 fully saturated rings. The second-order valence-corrected chi connectivity index (χ2v) is 2.48. The Morgan fingerprint density at radius 3 is 2.60 bits per heavy atom. The first-order valence-electron chi connectivity index (χ1n) is 2.97. The monoisotopic (exact) mass is 156 g/mol. The highest BCUT2D eigenvalue weighted by Gasteiger charge is 1.98. The van der Waals surface area contributed by atoms with Crippen molar-refractivity contribution in [2.24, 2.45) is 5.84 Å². The van der Waals surface area contributed by atoms with Gasteiger partial charge in [0.15, 0.2) is 0 Å². The summed E-state index contributed by atoms with van der Waals surface area (Å²) in [5, 5.41) is 0.655. The Morgan fingerprint density at radius 1 is 1.50 bits per heavy atom. The third-order valence-corrected chi connectivity index (χ3v) is 1.68. The van der Waals surface area contributed by atoms with Gasteiger partial charge >= 0.3 is 0 Å². The molecule has 3 heteroatoms. The third kappa shape index (κ3) is 1.23. The molecule has 0 saturated heterocycles. The minimum absolute atomic E-state index is 0.655. The lowest BCUT2D eigenvalue weighted by atomic mass is 10.2. The zero-order valence-corrected chi connectivity index (χ0v) is 6.44. The highest BCUT2D eigenvalue weighted by Crippen LogP contribution is 2.23. The van der Waals surface area contributed by atoms with E-state index in [1.165, 1.54) is 0 Å². The van der Waals surface area contributed by atoms with Gasteiger partial charge < -0.3 is 5.43 Å². The smallest absolute Gasteiger partial charge is 0.0701 e. The normalized spacial score (nSPS) is 9.50. The van der Waals surface area contributed by atoms with Crippen LogP contribution in [-0.4, -0.2) is 0 Å². The molecule has 0 spiro atoms. The highest BCUT2D eigenvalue weighted by molar-refractivity contribution is 6.33. The van der Waals surface area contributed by atoms with E-state index >= 15 is 0 Å². The van der Waals surface area contributed by atoms with Gasteiger partial charge in [-0.1, -0.05) is 23.7 Å². The molecular weight excluding hydrogens is 148 g/mol. The van der Waals surface area contributed by atoms with Crippen LogP contribution in [0.5, 0.6) is 0 Å². The summed E-state index contributed by atoms with van der Waals surface area (Å²) in [5.41, 5.74) is 4.38. The quantitative estimate of drug-likeness (QED) is 0.482. The summed E-state index contributed by atoms with van der Waals surface area (Å²) in [6.45, 7) is 1.95. The van der Waals surface area contributed by atoms with E-state index < -0.39 is 0 Å². The molecule has 3 N–H and O–H groups in total. The first kappa shape index (κ1) is 7.38. The molecule has 0 heterocycles. The molecule has 1 rings (SSSR count). The molecule has 0 unspecified atom stereocenters. The van der Waals surface area contributed by atoms with E-state index in [9.17, 15) is 0 Å². The van der Waals surface area contributed by atoms with Crippen LogP contribution in [0.1, 0.15) is 5.56 Å². The molecule has 0 radical (unpaired) electrons. The van der Waals surface area contributed by atoms with Gasteiger partial charge in [-0.05, 0) is 18.6 Å². The van der Waals surface area contributed by atoms with Gasteiger partial charge in [-0.3, -0.25) is 5.84 Å². The first-order valence-corrected chi connectivity index (χ1v) is 3.35. The number of rotatable bonds is 1. The number of hydrogen-bond acceptors (Lipinski definition) is 2. The lowest BCUT2D eigenvalue weighted by Crippen LogP contribution is -2.08. The summed E-state index contributed by atoms with van der Waals surface area (Å²) >= 11 is 5.79. The van der Waals surface area contributed by atoms with Gasteiger partial charge in [0.05, 0.1) is 10.7 Å². The van der Waals surface area contributed by atoms with E-state index in [4.69, 9.17) is 17.4 Å². The minimum atomic E-state index is 0.655. The molecular formula is C7H9ClN2. The van der Waals surface area contributed by atoms with Gasteiger partial charge in [-0.2, -0.15) is 0 Å². The molecule has 0 amide bonds. The first-order chi connectivity index (χ1) is 4.75. The molecule has 0 aliphatic rings. The summed E-state index contributed by atoms with van der Waals surface area (Å²) in [5.74, 6) is 5.22. The molecule has 2 nitrogen and oxygen atoms in total. The number of halogens is 1. The van der Waals surface area contributed by atoms with E-state index in [0.717, 1.165) is 11.3 Å². The van der Waals surface area contributed by atoms with Crippen LogP contribution < -0.4 is 11.3 Å². The lowest BCUT2D eigenvalue weighted by Gasteiger charge is -2.05. The third-order valence-electron chi connectivity index (χ3n) is 1.37. The van der Waals surface area contributed by atoms with Gasteiger partial charge in [0.2, 0.25) is 0 Å². The van der Waals surface area contributed by atoms with Gasteiger partial charge in [0, 0.05) is 0 Å². The second-order valence-electron chi connectivity index (χ2n) is 2.08. The maximum atomic E-state index is 5.79. The van der Waals surface area contributed by atoms with Crippen LogP contribution in [0.2, 0.25) is 5.02 Å². The van der Waals surface area contributed by atoms with E-state index in [1.807, 2.05) is 19.1 Å². The SMILES string of the molecule is Cc1cccc(Cl)c1NN. The number of para-hydroxylation sites is 1. The predicted octanol–water partition coefficient (Wildman–Crippen LogP) is 1.93. The molecule has 10 heavy (non-hydrogen) atoms. The fourth-order valence-corrected chi connectivity index (χ4v) is 1.09. The molecule has 0 aromatic heterocycles.